The summed E-state index contributed by atoms with van der Waals surface area (Å²) in [6.45, 7) is 1.05. The molecule has 124 valence electrons. The monoisotopic (exact) mass is 324 g/mol. The van der Waals surface area contributed by atoms with E-state index >= 15 is 0 Å². The summed E-state index contributed by atoms with van der Waals surface area (Å²) in [5.41, 5.74) is 1.89. The third-order valence-corrected chi connectivity index (χ3v) is 4.29. The van der Waals surface area contributed by atoms with Gasteiger partial charge in [-0.1, -0.05) is 0 Å². The van der Waals surface area contributed by atoms with Crippen molar-refractivity contribution in [2.24, 2.45) is 5.92 Å². The second-order valence-electron chi connectivity index (χ2n) is 5.98. The SMILES string of the molecule is CN(CCc1ccncc1)C(=O)C1CC(=O)N(c2cccnc2)C1. The van der Waals surface area contributed by atoms with Crippen molar-refractivity contribution in [3.63, 3.8) is 0 Å². The minimum Gasteiger partial charge on any atom is -0.345 e. The molecule has 3 heterocycles. The number of carbonyl (C=O) groups is 2. The number of anilines is 1. The predicted molar refractivity (Wildman–Crippen MR) is 90.3 cm³/mol. The summed E-state index contributed by atoms with van der Waals surface area (Å²) in [6, 6.07) is 7.52. The van der Waals surface area contributed by atoms with Crippen LogP contribution in [0.2, 0.25) is 0 Å². The molecule has 0 aromatic carbocycles. The average molecular weight is 324 g/mol. The number of likely N-dealkylation sites (N-methyl/N-ethyl adjacent to an activating group) is 1. The zero-order chi connectivity index (χ0) is 16.9. The van der Waals surface area contributed by atoms with Crippen LogP contribution in [0.25, 0.3) is 0 Å². The molecule has 2 amide bonds. The fourth-order valence-electron chi connectivity index (χ4n) is 2.90. The van der Waals surface area contributed by atoms with Crippen LogP contribution < -0.4 is 4.90 Å². The molecule has 0 spiro atoms. The minimum atomic E-state index is -0.292. The van der Waals surface area contributed by atoms with E-state index in [0.717, 1.165) is 17.7 Å². The van der Waals surface area contributed by atoms with Crippen molar-refractivity contribution in [2.45, 2.75) is 12.8 Å². The molecule has 0 bridgehead atoms. The first-order chi connectivity index (χ1) is 11.6. The topological polar surface area (TPSA) is 66.4 Å². The smallest absolute Gasteiger partial charge is 0.227 e. The molecule has 2 aromatic heterocycles. The summed E-state index contributed by atoms with van der Waals surface area (Å²) in [4.78, 5) is 36.2. The van der Waals surface area contributed by atoms with E-state index in [0.29, 0.717) is 13.1 Å². The van der Waals surface area contributed by atoms with Crippen molar-refractivity contribution in [3.8, 4) is 0 Å². The first kappa shape index (κ1) is 16.1. The summed E-state index contributed by atoms with van der Waals surface area (Å²) in [5, 5.41) is 0. The van der Waals surface area contributed by atoms with Gasteiger partial charge in [0, 0.05) is 45.1 Å². The van der Waals surface area contributed by atoms with Crippen LogP contribution in [-0.2, 0) is 16.0 Å². The van der Waals surface area contributed by atoms with Gasteiger partial charge >= 0.3 is 0 Å². The zero-order valence-electron chi connectivity index (χ0n) is 13.6. The number of hydrogen-bond donors (Lipinski definition) is 0. The maximum absolute atomic E-state index is 12.6. The number of aromatic nitrogens is 2. The van der Waals surface area contributed by atoms with Crippen LogP contribution in [0.1, 0.15) is 12.0 Å². The highest BCUT2D eigenvalue weighted by Crippen LogP contribution is 2.25. The Labute approximate surface area is 141 Å². The number of nitrogens with zero attached hydrogens (tertiary/aromatic N) is 4. The molecule has 6 heteroatoms. The molecular formula is C18H20N4O2. The van der Waals surface area contributed by atoms with Gasteiger partial charge in [0.25, 0.3) is 0 Å². The van der Waals surface area contributed by atoms with E-state index in [4.69, 9.17) is 0 Å². The second-order valence-corrected chi connectivity index (χ2v) is 5.98. The number of rotatable bonds is 5. The van der Waals surface area contributed by atoms with Crippen molar-refractivity contribution in [3.05, 3.63) is 54.6 Å². The molecule has 1 atom stereocenters. The van der Waals surface area contributed by atoms with E-state index in [1.807, 2.05) is 18.2 Å². The summed E-state index contributed by atoms with van der Waals surface area (Å²) in [6.07, 6.45) is 7.85. The minimum absolute atomic E-state index is 0.0174. The van der Waals surface area contributed by atoms with Crippen LogP contribution >= 0.6 is 0 Å². The molecule has 3 rings (SSSR count). The summed E-state index contributed by atoms with van der Waals surface area (Å²) >= 11 is 0. The van der Waals surface area contributed by atoms with Crippen molar-refractivity contribution in [2.75, 3.05) is 25.0 Å². The summed E-state index contributed by atoms with van der Waals surface area (Å²) < 4.78 is 0. The van der Waals surface area contributed by atoms with Crippen molar-refractivity contribution in [1.29, 1.82) is 0 Å². The fourth-order valence-corrected chi connectivity index (χ4v) is 2.90. The Morgan fingerprint density at radius 2 is 2.04 bits per heavy atom. The maximum atomic E-state index is 12.6. The highest BCUT2D eigenvalue weighted by molar-refractivity contribution is 6.00. The molecule has 0 N–H and O–H groups in total. The largest absolute Gasteiger partial charge is 0.345 e. The normalized spacial score (nSPS) is 17.1. The van der Waals surface area contributed by atoms with Crippen LogP contribution in [0.15, 0.2) is 49.1 Å². The van der Waals surface area contributed by atoms with Gasteiger partial charge < -0.3 is 9.80 Å². The Morgan fingerprint density at radius 3 is 2.75 bits per heavy atom. The van der Waals surface area contributed by atoms with Crippen molar-refractivity contribution >= 4 is 17.5 Å². The molecule has 1 saturated heterocycles. The molecule has 1 aliphatic rings. The molecule has 24 heavy (non-hydrogen) atoms. The van der Waals surface area contributed by atoms with Gasteiger partial charge in [0.05, 0.1) is 17.8 Å². The maximum Gasteiger partial charge on any atom is 0.227 e. The molecular weight excluding hydrogens is 304 g/mol. The highest BCUT2D eigenvalue weighted by atomic mass is 16.2. The first-order valence-electron chi connectivity index (χ1n) is 7.99. The molecule has 1 fully saturated rings. The van der Waals surface area contributed by atoms with E-state index in [1.54, 1.807) is 47.7 Å². The Kier molecular flexibility index (Phi) is 4.84. The van der Waals surface area contributed by atoms with E-state index in [-0.39, 0.29) is 24.2 Å². The van der Waals surface area contributed by atoms with Gasteiger partial charge in [-0.25, -0.2) is 0 Å². The van der Waals surface area contributed by atoms with Gasteiger partial charge in [0.15, 0.2) is 0 Å². The van der Waals surface area contributed by atoms with Crippen LogP contribution in [-0.4, -0.2) is 46.8 Å². The number of hydrogen-bond acceptors (Lipinski definition) is 4. The van der Waals surface area contributed by atoms with E-state index in [9.17, 15) is 9.59 Å². The molecule has 0 radical (unpaired) electrons. The fraction of sp³-hybridized carbons (Fsp3) is 0.333. The lowest BCUT2D eigenvalue weighted by atomic mass is 10.1. The Bertz CT molecular complexity index is 705. The van der Waals surface area contributed by atoms with Crippen LogP contribution in [0.5, 0.6) is 0 Å². The number of carbonyl (C=O) groups excluding carboxylic acids is 2. The lowest BCUT2D eigenvalue weighted by molar-refractivity contribution is -0.134. The molecule has 2 aromatic rings. The van der Waals surface area contributed by atoms with Gasteiger partial charge in [-0.05, 0) is 36.2 Å². The van der Waals surface area contributed by atoms with Gasteiger partial charge in [-0.3, -0.25) is 19.6 Å². The van der Waals surface area contributed by atoms with Gasteiger partial charge in [0.2, 0.25) is 11.8 Å². The lowest BCUT2D eigenvalue weighted by Gasteiger charge is -2.21. The van der Waals surface area contributed by atoms with Gasteiger partial charge in [0.1, 0.15) is 0 Å². The summed E-state index contributed by atoms with van der Waals surface area (Å²) in [5.74, 6) is -0.298. The van der Waals surface area contributed by atoms with E-state index in [1.165, 1.54) is 0 Å². The molecule has 0 saturated carbocycles. The van der Waals surface area contributed by atoms with Crippen molar-refractivity contribution in [1.82, 2.24) is 14.9 Å². The van der Waals surface area contributed by atoms with Gasteiger partial charge in [-0.2, -0.15) is 0 Å². The quantitative estimate of drug-likeness (QED) is 0.836. The third kappa shape index (κ3) is 3.59. The number of amides is 2. The third-order valence-electron chi connectivity index (χ3n) is 4.29. The van der Waals surface area contributed by atoms with Crippen LogP contribution in [0, 0.1) is 5.92 Å². The molecule has 1 unspecified atom stereocenters. The lowest BCUT2D eigenvalue weighted by Crippen LogP contribution is -2.36. The summed E-state index contributed by atoms with van der Waals surface area (Å²) in [7, 11) is 1.79. The van der Waals surface area contributed by atoms with Crippen molar-refractivity contribution < 1.29 is 9.59 Å². The highest BCUT2D eigenvalue weighted by Gasteiger charge is 2.36. The number of pyridine rings is 2. The Morgan fingerprint density at radius 1 is 1.25 bits per heavy atom. The molecule has 1 aliphatic heterocycles. The average Bonchev–Trinajstić information content (AvgIpc) is 3.02. The second kappa shape index (κ2) is 7.21. The molecule has 0 aliphatic carbocycles. The van der Waals surface area contributed by atoms with Crippen LogP contribution in [0.4, 0.5) is 5.69 Å². The standard InChI is InChI=1S/C18H20N4O2/c1-21(10-6-14-4-8-19-9-5-14)18(24)15-11-17(23)22(13-15)16-3-2-7-20-12-16/h2-5,7-9,12,15H,6,10-11,13H2,1H3. The van der Waals surface area contributed by atoms with E-state index in [2.05, 4.69) is 9.97 Å². The predicted octanol–water partition coefficient (Wildman–Crippen LogP) is 1.53. The van der Waals surface area contributed by atoms with Crippen LogP contribution in [0.3, 0.4) is 0 Å². The Balaban J connectivity index is 1.58. The molecule has 6 nitrogen and oxygen atoms in total. The Hall–Kier alpha value is -2.76. The zero-order valence-corrected chi connectivity index (χ0v) is 13.6. The van der Waals surface area contributed by atoms with Gasteiger partial charge in [-0.15, -0.1) is 0 Å². The van der Waals surface area contributed by atoms with E-state index < -0.39 is 0 Å². The first-order valence-corrected chi connectivity index (χ1v) is 7.99.